The molecule has 1 aliphatic rings. The predicted octanol–water partition coefficient (Wildman–Crippen LogP) is 2.53. The zero-order valence-corrected chi connectivity index (χ0v) is 12.9. The number of hydrogen-bond acceptors (Lipinski definition) is 2. The molecule has 0 radical (unpaired) electrons. The summed E-state index contributed by atoms with van der Waals surface area (Å²) in [5, 5.41) is 3.19. The van der Waals surface area contributed by atoms with Gasteiger partial charge in [-0.1, -0.05) is 24.3 Å². The molecule has 0 unspecified atom stereocenters. The van der Waals surface area contributed by atoms with Gasteiger partial charge in [-0.25, -0.2) is 0 Å². The van der Waals surface area contributed by atoms with Crippen LogP contribution in [0.2, 0.25) is 0 Å². The lowest BCUT2D eigenvalue weighted by Crippen LogP contribution is -2.47. The Hall–Kier alpha value is -1.35. The van der Waals surface area contributed by atoms with E-state index < -0.39 is 0 Å². The molecule has 1 amide bonds. The van der Waals surface area contributed by atoms with Crippen LogP contribution in [0.3, 0.4) is 0 Å². The number of amides is 1. The van der Waals surface area contributed by atoms with Gasteiger partial charge in [-0.05, 0) is 44.7 Å². The highest BCUT2D eigenvalue weighted by molar-refractivity contribution is 5.79. The van der Waals surface area contributed by atoms with Crippen molar-refractivity contribution in [2.45, 2.75) is 52.1 Å². The lowest BCUT2D eigenvalue weighted by molar-refractivity contribution is -0.121. The molecule has 0 spiro atoms. The van der Waals surface area contributed by atoms with Crippen molar-refractivity contribution >= 4 is 5.91 Å². The largest absolute Gasteiger partial charge is 0.353 e. The Kier molecular flexibility index (Phi) is 5.18. The zero-order valence-electron chi connectivity index (χ0n) is 12.9. The van der Waals surface area contributed by atoms with E-state index in [0.717, 1.165) is 31.5 Å². The van der Waals surface area contributed by atoms with Gasteiger partial charge in [0.2, 0.25) is 5.91 Å². The molecule has 110 valence electrons. The van der Waals surface area contributed by atoms with Gasteiger partial charge < -0.3 is 10.2 Å². The minimum Gasteiger partial charge on any atom is -0.353 e. The average molecular weight is 274 g/mol. The second-order valence-corrected chi connectivity index (χ2v) is 6.07. The summed E-state index contributed by atoms with van der Waals surface area (Å²) in [4.78, 5) is 14.6. The Morgan fingerprint density at radius 1 is 1.30 bits per heavy atom. The molecule has 1 saturated heterocycles. The maximum atomic E-state index is 12.1. The Morgan fingerprint density at radius 2 is 1.95 bits per heavy atom. The lowest BCUT2D eigenvalue weighted by atomic mass is 10.0. The van der Waals surface area contributed by atoms with Crippen molar-refractivity contribution < 1.29 is 4.79 Å². The highest BCUT2D eigenvalue weighted by atomic mass is 16.1. The molecule has 20 heavy (non-hydrogen) atoms. The Bertz CT molecular complexity index is 448. The van der Waals surface area contributed by atoms with Crippen LogP contribution in [-0.2, 0) is 11.2 Å². The van der Waals surface area contributed by atoms with Gasteiger partial charge >= 0.3 is 0 Å². The normalized spacial score (nSPS) is 17.4. The summed E-state index contributed by atoms with van der Waals surface area (Å²) in [6.45, 7) is 8.71. The molecule has 1 aromatic rings. The summed E-state index contributed by atoms with van der Waals surface area (Å²) < 4.78 is 0. The molecule has 0 atom stereocenters. The lowest BCUT2D eigenvalue weighted by Gasteiger charge is -2.34. The molecule has 1 aliphatic heterocycles. The number of nitrogens with zero attached hydrogens (tertiary/aromatic N) is 1. The van der Waals surface area contributed by atoms with Crippen LogP contribution >= 0.6 is 0 Å². The molecule has 3 nitrogen and oxygen atoms in total. The molecular weight excluding hydrogens is 248 g/mol. The van der Waals surface area contributed by atoms with Crippen molar-refractivity contribution in [1.29, 1.82) is 0 Å². The number of carbonyl (C=O) groups excluding carboxylic acids is 1. The molecule has 3 heteroatoms. The fourth-order valence-corrected chi connectivity index (χ4v) is 2.82. The van der Waals surface area contributed by atoms with Gasteiger partial charge in [-0.15, -0.1) is 0 Å². The molecule has 0 bridgehead atoms. The molecule has 2 rings (SSSR count). The van der Waals surface area contributed by atoms with E-state index in [1.54, 1.807) is 0 Å². The van der Waals surface area contributed by atoms with Gasteiger partial charge in [0.05, 0.1) is 6.42 Å². The minimum atomic E-state index is 0.155. The number of benzene rings is 1. The van der Waals surface area contributed by atoms with Gasteiger partial charge in [0.15, 0.2) is 0 Å². The molecular formula is C17H26N2O. The Balaban J connectivity index is 1.80. The van der Waals surface area contributed by atoms with E-state index in [0.29, 0.717) is 18.5 Å². The quantitative estimate of drug-likeness (QED) is 0.915. The number of aryl methyl sites for hydroxylation is 1. The molecule has 0 aliphatic carbocycles. The Morgan fingerprint density at radius 3 is 2.55 bits per heavy atom. The van der Waals surface area contributed by atoms with Gasteiger partial charge in [0, 0.05) is 25.2 Å². The third-order valence-electron chi connectivity index (χ3n) is 4.24. The summed E-state index contributed by atoms with van der Waals surface area (Å²) in [6.07, 6.45) is 2.63. The van der Waals surface area contributed by atoms with E-state index in [1.807, 2.05) is 18.2 Å². The van der Waals surface area contributed by atoms with E-state index in [1.165, 1.54) is 5.56 Å². The fourth-order valence-electron chi connectivity index (χ4n) is 2.82. The maximum absolute atomic E-state index is 12.1. The van der Waals surface area contributed by atoms with Crippen LogP contribution in [0.4, 0.5) is 0 Å². The second-order valence-electron chi connectivity index (χ2n) is 6.07. The van der Waals surface area contributed by atoms with Crippen molar-refractivity contribution in [3.05, 3.63) is 35.4 Å². The van der Waals surface area contributed by atoms with Crippen molar-refractivity contribution in [1.82, 2.24) is 10.2 Å². The first-order valence-corrected chi connectivity index (χ1v) is 7.64. The molecule has 0 aromatic heterocycles. The Labute approximate surface area is 122 Å². The third kappa shape index (κ3) is 4.07. The van der Waals surface area contributed by atoms with Crippen LogP contribution in [0.15, 0.2) is 24.3 Å². The maximum Gasteiger partial charge on any atom is 0.224 e. The first-order chi connectivity index (χ1) is 9.56. The first kappa shape index (κ1) is 15.0. The van der Waals surface area contributed by atoms with Gasteiger partial charge in [0.25, 0.3) is 0 Å². The van der Waals surface area contributed by atoms with Crippen LogP contribution in [0.25, 0.3) is 0 Å². The monoisotopic (exact) mass is 274 g/mol. The highest BCUT2D eigenvalue weighted by Gasteiger charge is 2.22. The summed E-state index contributed by atoms with van der Waals surface area (Å²) in [5.41, 5.74) is 2.32. The molecule has 1 heterocycles. The van der Waals surface area contributed by atoms with Crippen LogP contribution < -0.4 is 5.32 Å². The van der Waals surface area contributed by atoms with Crippen LogP contribution in [0.1, 0.15) is 37.8 Å². The molecule has 1 aromatic carbocycles. The van der Waals surface area contributed by atoms with Gasteiger partial charge in [-0.2, -0.15) is 0 Å². The number of hydrogen-bond donors (Lipinski definition) is 1. The minimum absolute atomic E-state index is 0.155. The third-order valence-corrected chi connectivity index (χ3v) is 4.24. The van der Waals surface area contributed by atoms with Crippen molar-refractivity contribution in [2.75, 3.05) is 13.1 Å². The fraction of sp³-hybridized carbons (Fsp3) is 0.588. The zero-order chi connectivity index (χ0) is 14.5. The summed E-state index contributed by atoms with van der Waals surface area (Å²) in [5.74, 6) is 0.155. The number of likely N-dealkylation sites (tertiary alicyclic amines) is 1. The summed E-state index contributed by atoms with van der Waals surface area (Å²) >= 11 is 0. The average Bonchev–Trinajstić information content (AvgIpc) is 2.42. The van der Waals surface area contributed by atoms with Crippen molar-refractivity contribution in [2.24, 2.45) is 0 Å². The van der Waals surface area contributed by atoms with Crippen LogP contribution in [0.5, 0.6) is 0 Å². The second kappa shape index (κ2) is 6.89. The van der Waals surface area contributed by atoms with Gasteiger partial charge in [0.1, 0.15) is 0 Å². The number of piperidine rings is 1. The van der Waals surface area contributed by atoms with E-state index in [2.05, 4.69) is 37.1 Å². The van der Waals surface area contributed by atoms with Crippen molar-refractivity contribution in [3.8, 4) is 0 Å². The predicted molar refractivity (Wildman–Crippen MR) is 82.8 cm³/mol. The summed E-state index contributed by atoms with van der Waals surface area (Å²) in [7, 11) is 0. The smallest absolute Gasteiger partial charge is 0.224 e. The van der Waals surface area contributed by atoms with Gasteiger partial charge in [-0.3, -0.25) is 4.79 Å². The van der Waals surface area contributed by atoms with Crippen molar-refractivity contribution in [3.63, 3.8) is 0 Å². The van der Waals surface area contributed by atoms with E-state index in [4.69, 9.17) is 0 Å². The van der Waals surface area contributed by atoms with E-state index in [9.17, 15) is 4.79 Å². The topological polar surface area (TPSA) is 32.3 Å². The summed E-state index contributed by atoms with van der Waals surface area (Å²) in [6, 6.07) is 9.06. The highest BCUT2D eigenvalue weighted by Crippen LogP contribution is 2.13. The molecule has 1 N–H and O–H groups in total. The van der Waals surface area contributed by atoms with E-state index >= 15 is 0 Å². The number of nitrogens with one attached hydrogen (secondary N) is 1. The number of carbonyl (C=O) groups is 1. The SMILES string of the molecule is Cc1ccccc1CC(=O)NC1CCN(C(C)C)CC1. The number of rotatable bonds is 4. The van der Waals surface area contributed by atoms with Crippen LogP contribution in [0, 0.1) is 6.92 Å². The standard InChI is InChI=1S/C17H26N2O/c1-13(2)19-10-8-16(9-11-19)18-17(20)12-15-7-5-4-6-14(15)3/h4-7,13,16H,8-12H2,1-3H3,(H,18,20). The van der Waals surface area contributed by atoms with Crippen LogP contribution in [-0.4, -0.2) is 36.0 Å². The molecule has 1 fully saturated rings. The van der Waals surface area contributed by atoms with E-state index in [-0.39, 0.29) is 5.91 Å². The molecule has 0 saturated carbocycles. The first-order valence-electron chi connectivity index (χ1n) is 7.64.